The third-order valence-corrected chi connectivity index (χ3v) is 8.67. The highest BCUT2D eigenvalue weighted by atomic mass is 16.5. The topological polar surface area (TPSA) is 86.0 Å². The number of hydrogen-bond donors (Lipinski definition) is 0. The molecule has 8 heteroatoms. The Bertz CT molecular complexity index is 2130. The molecule has 1 aromatic heterocycles. The summed E-state index contributed by atoms with van der Waals surface area (Å²) in [4.78, 5) is 42.8. The standard InChI is InChI=1S/C40H35N2O6/c1-41(2)27-21-18-25(19-22-27)17-20-26-23-24-42(33-16-9-8-11-28(26)33)37(40(45)48-5)36(39(44)47-4)35-30-13-7-6-12-29(30)34-31(35)14-10-15-32(34)38(43)46-3/h6-24,35H,1-5H3/q+1/b37-36-. The molecule has 1 aliphatic carbocycles. The summed E-state index contributed by atoms with van der Waals surface area (Å²) in [6, 6.07) is 30.6. The fourth-order valence-electron chi connectivity index (χ4n) is 6.40. The molecule has 240 valence electrons. The summed E-state index contributed by atoms with van der Waals surface area (Å²) >= 11 is 0. The lowest BCUT2D eigenvalue weighted by Crippen LogP contribution is -2.40. The van der Waals surface area contributed by atoms with E-state index in [4.69, 9.17) is 14.2 Å². The Morgan fingerprint density at radius 1 is 0.708 bits per heavy atom. The number of fused-ring (bicyclic) bond motifs is 4. The monoisotopic (exact) mass is 639 g/mol. The van der Waals surface area contributed by atoms with E-state index < -0.39 is 23.8 Å². The molecule has 0 bridgehead atoms. The molecule has 0 saturated carbocycles. The predicted octanol–water partition coefficient (Wildman–Crippen LogP) is 6.52. The van der Waals surface area contributed by atoms with E-state index in [1.54, 1.807) is 22.9 Å². The minimum absolute atomic E-state index is 0.00600. The number of hydrogen-bond acceptors (Lipinski definition) is 7. The highest BCUT2D eigenvalue weighted by Gasteiger charge is 2.44. The molecule has 0 aliphatic heterocycles. The molecule has 8 nitrogen and oxygen atoms in total. The van der Waals surface area contributed by atoms with Gasteiger partial charge in [0, 0.05) is 43.4 Å². The van der Waals surface area contributed by atoms with Crippen molar-refractivity contribution in [1.29, 1.82) is 0 Å². The minimum atomic E-state index is -0.752. The molecule has 48 heavy (non-hydrogen) atoms. The van der Waals surface area contributed by atoms with Crippen LogP contribution < -0.4 is 9.47 Å². The largest absolute Gasteiger partial charge is 0.465 e. The quantitative estimate of drug-likeness (QED) is 0.0827. The summed E-state index contributed by atoms with van der Waals surface area (Å²) in [6.45, 7) is 0. The Hall–Kier alpha value is -6.02. The van der Waals surface area contributed by atoms with Crippen LogP contribution in [0.4, 0.5) is 5.69 Å². The maximum absolute atomic E-state index is 14.0. The second kappa shape index (κ2) is 13.4. The van der Waals surface area contributed by atoms with Crippen molar-refractivity contribution < 1.29 is 33.2 Å². The van der Waals surface area contributed by atoms with Gasteiger partial charge in [0.25, 0.3) is 0 Å². The number of nitrogens with zero attached hydrogens (tertiary/aromatic N) is 2. The Kier molecular flexibility index (Phi) is 8.90. The summed E-state index contributed by atoms with van der Waals surface area (Å²) in [5.74, 6) is -2.67. The van der Waals surface area contributed by atoms with E-state index in [-0.39, 0.29) is 11.3 Å². The van der Waals surface area contributed by atoms with Crippen molar-refractivity contribution in [3.63, 3.8) is 0 Å². The van der Waals surface area contributed by atoms with Gasteiger partial charge in [-0.25, -0.2) is 14.4 Å². The Labute approximate surface area is 279 Å². The minimum Gasteiger partial charge on any atom is -0.465 e. The number of rotatable bonds is 8. The van der Waals surface area contributed by atoms with Crippen molar-refractivity contribution in [2.45, 2.75) is 5.92 Å². The van der Waals surface area contributed by atoms with Crippen molar-refractivity contribution in [3.8, 4) is 11.1 Å². The molecule has 0 saturated heterocycles. The molecule has 5 aromatic rings. The first kappa shape index (κ1) is 31.9. The van der Waals surface area contributed by atoms with E-state index in [2.05, 4.69) is 24.3 Å². The molecule has 0 fully saturated rings. The van der Waals surface area contributed by atoms with Crippen LogP contribution in [0.2, 0.25) is 0 Å². The molecular weight excluding hydrogens is 604 g/mol. The van der Waals surface area contributed by atoms with Gasteiger partial charge in [0.05, 0.1) is 32.3 Å². The van der Waals surface area contributed by atoms with Crippen molar-refractivity contribution >= 4 is 52.3 Å². The number of carbonyl (C=O) groups excluding carboxylic acids is 3. The number of esters is 3. The van der Waals surface area contributed by atoms with Gasteiger partial charge in [0.15, 0.2) is 6.20 Å². The van der Waals surface area contributed by atoms with Gasteiger partial charge in [-0.3, -0.25) is 0 Å². The lowest BCUT2D eigenvalue weighted by molar-refractivity contribution is -0.550. The van der Waals surface area contributed by atoms with E-state index in [0.29, 0.717) is 22.2 Å². The lowest BCUT2D eigenvalue weighted by atomic mass is 9.87. The number of aromatic nitrogens is 1. The van der Waals surface area contributed by atoms with Crippen molar-refractivity contribution in [3.05, 3.63) is 137 Å². The molecule has 0 amide bonds. The molecule has 0 spiro atoms. The van der Waals surface area contributed by atoms with Crippen LogP contribution in [0.15, 0.2) is 109 Å². The zero-order chi connectivity index (χ0) is 33.9. The van der Waals surface area contributed by atoms with Crippen LogP contribution in [-0.2, 0) is 23.8 Å². The Morgan fingerprint density at radius 2 is 1.40 bits per heavy atom. The van der Waals surface area contributed by atoms with Crippen LogP contribution in [0.1, 0.15) is 38.5 Å². The van der Waals surface area contributed by atoms with Gasteiger partial charge in [-0.1, -0.05) is 72.8 Å². The summed E-state index contributed by atoms with van der Waals surface area (Å²) in [7, 11) is 7.90. The van der Waals surface area contributed by atoms with Crippen LogP contribution >= 0.6 is 0 Å². The molecule has 6 rings (SSSR count). The van der Waals surface area contributed by atoms with Gasteiger partial charge >= 0.3 is 23.6 Å². The third-order valence-electron chi connectivity index (χ3n) is 8.67. The number of ether oxygens (including phenoxy) is 3. The van der Waals surface area contributed by atoms with Crippen LogP contribution in [0.3, 0.4) is 0 Å². The van der Waals surface area contributed by atoms with Gasteiger partial charge in [0.2, 0.25) is 5.52 Å². The molecular formula is C40H35N2O6+. The fraction of sp³-hybridized carbons (Fsp3) is 0.150. The van der Waals surface area contributed by atoms with Gasteiger partial charge in [0.1, 0.15) is 5.57 Å². The smallest absolute Gasteiger partial charge is 0.404 e. The molecule has 1 unspecified atom stereocenters. The first-order valence-corrected chi connectivity index (χ1v) is 15.4. The Balaban J connectivity index is 1.59. The first-order chi connectivity index (χ1) is 23.3. The number of carbonyl (C=O) groups is 3. The lowest BCUT2D eigenvalue weighted by Gasteiger charge is -2.18. The summed E-state index contributed by atoms with van der Waals surface area (Å²) in [5, 5.41) is 0.854. The first-order valence-electron chi connectivity index (χ1n) is 15.4. The Morgan fingerprint density at radius 3 is 2.10 bits per heavy atom. The molecule has 0 radical (unpaired) electrons. The molecule has 4 aromatic carbocycles. The van der Waals surface area contributed by atoms with Gasteiger partial charge < -0.3 is 19.1 Å². The molecule has 0 N–H and O–H groups in total. The summed E-state index contributed by atoms with van der Waals surface area (Å²) < 4.78 is 17.5. The van der Waals surface area contributed by atoms with Crippen LogP contribution in [0.25, 0.3) is 39.9 Å². The second-order valence-electron chi connectivity index (χ2n) is 11.5. The molecule has 1 atom stereocenters. The third kappa shape index (κ3) is 5.62. The number of pyridine rings is 1. The summed E-state index contributed by atoms with van der Waals surface area (Å²) in [5.41, 5.74) is 7.01. The van der Waals surface area contributed by atoms with Crippen molar-refractivity contribution in [2.75, 3.05) is 40.3 Å². The number of methoxy groups -OCH3 is 3. The van der Waals surface area contributed by atoms with E-state index >= 15 is 0 Å². The van der Waals surface area contributed by atoms with E-state index in [0.717, 1.165) is 33.3 Å². The van der Waals surface area contributed by atoms with E-state index in [1.807, 2.05) is 91.8 Å². The van der Waals surface area contributed by atoms with Crippen molar-refractivity contribution in [1.82, 2.24) is 0 Å². The zero-order valence-corrected chi connectivity index (χ0v) is 27.4. The van der Waals surface area contributed by atoms with E-state index in [1.165, 1.54) is 21.3 Å². The molecule has 1 heterocycles. The predicted molar refractivity (Wildman–Crippen MR) is 186 cm³/mol. The van der Waals surface area contributed by atoms with Gasteiger partial charge in [-0.05, 0) is 52.1 Å². The van der Waals surface area contributed by atoms with Crippen LogP contribution in [-0.4, -0.2) is 53.3 Å². The number of para-hydroxylation sites is 1. The highest BCUT2D eigenvalue weighted by molar-refractivity contribution is 6.16. The number of anilines is 1. The van der Waals surface area contributed by atoms with Crippen LogP contribution in [0, 0.1) is 0 Å². The zero-order valence-electron chi connectivity index (χ0n) is 27.4. The van der Waals surface area contributed by atoms with E-state index in [9.17, 15) is 14.4 Å². The maximum Gasteiger partial charge on any atom is 0.404 e. The number of benzene rings is 4. The molecule has 1 aliphatic rings. The SMILES string of the molecule is COC(=O)/C(=C(/C(=O)OC)[n+]1ccc(/C=C/c2ccc(N(C)C)cc2)c2ccccc21)C1c2ccccc2-c2c(C(=O)OC)cccc21. The highest BCUT2D eigenvalue weighted by Crippen LogP contribution is 2.50. The second-order valence-corrected chi connectivity index (χ2v) is 11.5. The maximum atomic E-state index is 14.0. The normalized spacial score (nSPS) is 13.8. The van der Waals surface area contributed by atoms with Gasteiger partial charge in [-0.2, -0.15) is 4.57 Å². The summed E-state index contributed by atoms with van der Waals surface area (Å²) in [6.07, 6.45) is 5.82. The average molecular weight is 640 g/mol. The van der Waals surface area contributed by atoms with Gasteiger partial charge in [-0.15, -0.1) is 0 Å². The fourth-order valence-corrected chi connectivity index (χ4v) is 6.40. The average Bonchev–Trinajstić information content (AvgIpc) is 3.46. The van der Waals surface area contributed by atoms with Crippen molar-refractivity contribution in [2.24, 2.45) is 0 Å². The van der Waals surface area contributed by atoms with Crippen LogP contribution in [0.5, 0.6) is 0 Å².